The number of nitrogens with zero attached hydrogens (tertiary/aromatic N) is 3. The van der Waals surface area contributed by atoms with Crippen molar-refractivity contribution >= 4 is 35.8 Å². The first-order chi connectivity index (χ1) is 13.7. The molecular weight excluding hydrogens is 475 g/mol. The van der Waals surface area contributed by atoms with Crippen LogP contribution in [0.25, 0.3) is 0 Å². The van der Waals surface area contributed by atoms with Gasteiger partial charge < -0.3 is 15.1 Å². The van der Waals surface area contributed by atoms with Gasteiger partial charge in [0.15, 0.2) is 5.96 Å². The number of rotatable bonds is 3. The van der Waals surface area contributed by atoms with Crippen LogP contribution in [0.3, 0.4) is 0 Å². The topological polar surface area (TPSA) is 47.9 Å². The number of carbonyl (C=O) groups excluding carboxylic acids is 1. The van der Waals surface area contributed by atoms with E-state index in [-0.39, 0.29) is 36.4 Å². The summed E-state index contributed by atoms with van der Waals surface area (Å²) in [5.74, 6) is 0.935. The van der Waals surface area contributed by atoms with Crippen molar-refractivity contribution in [2.75, 3.05) is 26.2 Å². The Morgan fingerprint density at radius 1 is 0.897 bits per heavy atom. The lowest BCUT2D eigenvalue weighted by Gasteiger charge is -2.32. The molecule has 2 aliphatic heterocycles. The maximum atomic E-state index is 12.8. The minimum atomic E-state index is 0. The first-order valence-electron chi connectivity index (χ1n) is 10.2. The van der Waals surface area contributed by atoms with Gasteiger partial charge in [-0.1, -0.05) is 48.5 Å². The van der Waals surface area contributed by atoms with Gasteiger partial charge in [-0.3, -0.25) is 4.79 Å². The molecule has 154 valence electrons. The van der Waals surface area contributed by atoms with Crippen molar-refractivity contribution in [3.63, 3.8) is 0 Å². The molecule has 0 radical (unpaired) electrons. The van der Waals surface area contributed by atoms with Gasteiger partial charge in [0, 0.05) is 32.7 Å². The fourth-order valence-corrected chi connectivity index (χ4v) is 4.05. The van der Waals surface area contributed by atoms with Crippen molar-refractivity contribution in [2.24, 2.45) is 4.99 Å². The lowest BCUT2D eigenvalue weighted by molar-refractivity contribution is -0.130. The molecule has 2 aromatic carbocycles. The lowest BCUT2D eigenvalue weighted by atomic mass is 10.00. The number of amides is 1. The lowest BCUT2D eigenvalue weighted by Crippen LogP contribution is -2.45. The van der Waals surface area contributed by atoms with Gasteiger partial charge in [0.25, 0.3) is 0 Å². The zero-order chi connectivity index (χ0) is 19.3. The van der Waals surface area contributed by atoms with Crippen molar-refractivity contribution in [3.8, 4) is 0 Å². The van der Waals surface area contributed by atoms with Crippen LogP contribution >= 0.6 is 24.0 Å². The van der Waals surface area contributed by atoms with Crippen molar-refractivity contribution in [1.82, 2.24) is 15.1 Å². The molecule has 0 unspecified atom stereocenters. The number of carbonyl (C=O) groups is 1. The first-order valence-corrected chi connectivity index (χ1v) is 10.2. The molecule has 1 amide bonds. The van der Waals surface area contributed by atoms with E-state index in [9.17, 15) is 4.79 Å². The zero-order valence-electron chi connectivity index (χ0n) is 16.9. The van der Waals surface area contributed by atoms with E-state index >= 15 is 0 Å². The Morgan fingerprint density at radius 3 is 2.00 bits per heavy atom. The predicted octanol–water partition coefficient (Wildman–Crippen LogP) is 3.21. The van der Waals surface area contributed by atoms with Gasteiger partial charge >= 0.3 is 0 Å². The van der Waals surface area contributed by atoms with Crippen LogP contribution in [0.2, 0.25) is 0 Å². The average molecular weight is 504 g/mol. The molecule has 0 saturated carbocycles. The van der Waals surface area contributed by atoms with E-state index < -0.39 is 0 Å². The maximum Gasteiger partial charge on any atom is 0.244 e. The fourth-order valence-electron chi connectivity index (χ4n) is 4.05. The highest BCUT2D eigenvalue weighted by Gasteiger charge is 2.22. The van der Waals surface area contributed by atoms with Crippen LogP contribution in [0.5, 0.6) is 0 Å². The summed E-state index contributed by atoms with van der Waals surface area (Å²) < 4.78 is 0. The number of fused-ring (bicyclic) bond motifs is 2. The molecule has 0 saturated heterocycles. The summed E-state index contributed by atoms with van der Waals surface area (Å²) in [7, 11) is 0. The molecule has 0 aliphatic carbocycles. The number of guanidine groups is 1. The SMILES string of the molecule is CCNC(=NCC(=O)N1CCc2ccccc2C1)N1CCc2ccccc2C1.I. The van der Waals surface area contributed by atoms with E-state index in [4.69, 9.17) is 0 Å². The summed E-state index contributed by atoms with van der Waals surface area (Å²) in [6.45, 7) is 6.29. The molecule has 2 heterocycles. The van der Waals surface area contributed by atoms with Crippen molar-refractivity contribution in [2.45, 2.75) is 32.9 Å². The van der Waals surface area contributed by atoms with Gasteiger partial charge in [0.05, 0.1) is 0 Å². The summed E-state index contributed by atoms with van der Waals surface area (Å²) in [5.41, 5.74) is 5.37. The Morgan fingerprint density at radius 2 is 1.41 bits per heavy atom. The summed E-state index contributed by atoms with van der Waals surface area (Å²) in [5, 5.41) is 3.36. The van der Waals surface area contributed by atoms with Gasteiger partial charge in [0.2, 0.25) is 5.91 Å². The van der Waals surface area contributed by atoms with E-state index in [0.717, 1.165) is 45.0 Å². The molecule has 29 heavy (non-hydrogen) atoms. The maximum absolute atomic E-state index is 12.8. The number of aliphatic imine (C=N–C) groups is 1. The van der Waals surface area contributed by atoms with Gasteiger partial charge in [-0.2, -0.15) is 0 Å². The third-order valence-electron chi connectivity index (χ3n) is 5.61. The standard InChI is InChI=1S/C23H28N4O.HI/c1-2-24-23(27-14-12-19-8-4-6-10-21(19)17-27)25-15-22(28)26-13-11-18-7-3-5-9-20(18)16-26;/h3-10H,2,11-17H2,1H3,(H,24,25);1H. The van der Waals surface area contributed by atoms with Gasteiger partial charge in [0.1, 0.15) is 6.54 Å². The zero-order valence-corrected chi connectivity index (χ0v) is 19.3. The highest BCUT2D eigenvalue weighted by Crippen LogP contribution is 2.20. The van der Waals surface area contributed by atoms with Gasteiger partial charge in [-0.05, 0) is 42.0 Å². The highest BCUT2D eigenvalue weighted by atomic mass is 127. The fraction of sp³-hybridized carbons (Fsp3) is 0.391. The highest BCUT2D eigenvalue weighted by molar-refractivity contribution is 14.0. The molecule has 4 rings (SSSR count). The molecule has 2 aliphatic rings. The largest absolute Gasteiger partial charge is 0.356 e. The van der Waals surface area contributed by atoms with Crippen LogP contribution in [0.1, 0.15) is 29.2 Å². The second-order valence-corrected chi connectivity index (χ2v) is 7.44. The number of hydrogen-bond acceptors (Lipinski definition) is 2. The first kappa shape index (κ1) is 21.6. The Bertz CT molecular complexity index is 883. The summed E-state index contributed by atoms with van der Waals surface area (Å²) in [6, 6.07) is 17.0. The molecule has 0 spiro atoms. The molecule has 1 N–H and O–H groups in total. The quantitative estimate of drug-likeness (QED) is 0.397. The van der Waals surface area contributed by atoms with E-state index in [0.29, 0.717) is 6.54 Å². The van der Waals surface area contributed by atoms with Gasteiger partial charge in [-0.25, -0.2) is 4.99 Å². The number of benzene rings is 2. The number of halogens is 1. The van der Waals surface area contributed by atoms with Crippen molar-refractivity contribution < 1.29 is 4.79 Å². The Labute approximate surface area is 190 Å². The summed E-state index contributed by atoms with van der Waals surface area (Å²) >= 11 is 0. The molecule has 5 nitrogen and oxygen atoms in total. The van der Waals surface area contributed by atoms with Crippen molar-refractivity contribution in [3.05, 3.63) is 70.8 Å². The van der Waals surface area contributed by atoms with E-state index in [2.05, 4.69) is 64.6 Å². The molecule has 0 aromatic heterocycles. The molecule has 0 fully saturated rings. The van der Waals surface area contributed by atoms with E-state index in [1.165, 1.54) is 22.3 Å². The monoisotopic (exact) mass is 504 g/mol. The number of nitrogens with one attached hydrogen (secondary N) is 1. The van der Waals surface area contributed by atoms with Gasteiger partial charge in [-0.15, -0.1) is 24.0 Å². The third kappa shape index (κ3) is 5.10. The third-order valence-corrected chi connectivity index (χ3v) is 5.61. The van der Waals surface area contributed by atoms with Crippen LogP contribution in [-0.4, -0.2) is 47.8 Å². The second kappa shape index (κ2) is 10.1. The minimum Gasteiger partial charge on any atom is -0.356 e. The molecule has 6 heteroatoms. The van der Waals surface area contributed by atoms with Crippen LogP contribution < -0.4 is 5.32 Å². The Kier molecular flexibility index (Phi) is 7.52. The minimum absolute atomic E-state index is 0. The van der Waals surface area contributed by atoms with Crippen LogP contribution in [0, 0.1) is 0 Å². The smallest absolute Gasteiger partial charge is 0.244 e. The Hall–Kier alpha value is -2.09. The summed E-state index contributed by atoms with van der Waals surface area (Å²) in [4.78, 5) is 21.6. The summed E-state index contributed by atoms with van der Waals surface area (Å²) in [6.07, 6.45) is 1.94. The number of hydrogen-bond donors (Lipinski definition) is 1. The molecule has 2 aromatic rings. The van der Waals surface area contributed by atoms with Crippen LogP contribution in [-0.2, 0) is 30.7 Å². The van der Waals surface area contributed by atoms with Crippen LogP contribution in [0.4, 0.5) is 0 Å². The second-order valence-electron chi connectivity index (χ2n) is 7.44. The van der Waals surface area contributed by atoms with Crippen molar-refractivity contribution in [1.29, 1.82) is 0 Å². The predicted molar refractivity (Wildman–Crippen MR) is 128 cm³/mol. The van der Waals surface area contributed by atoms with Crippen LogP contribution in [0.15, 0.2) is 53.5 Å². The normalized spacial score (nSPS) is 15.8. The average Bonchev–Trinajstić information content (AvgIpc) is 2.75. The van der Waals surface area contributed by atoms with E-state index in [1.807, 2.05) is 11.0 Å². The van der Waals surface area contributed by atoms with E-state index in [1.54, 1.807) is 0 Å². The molecule has 0 bridgehead atoms. The Balaban J connectivity index is 0.00000240. The molecule has 0 atom stereocenters. The molecular formula is C23H29IN4O.